The van der Waals surface area contributed by atoms with Gasteiger partial charge in [0.1, 0.15) is 5.82 Å². The van der Waals surface area contributed by atoms with E-state index in [0.717, 1.165) is 19.2 Å². The van der Waals surface area contributed by atoms with E-state index in [1.165, 1.54) is 18.6 Å². The van der Waals surface area contributed by atoms with Crippen molar-refractivity contribution in [2.75, 3.05) is 45.8 Å². The third-order valence-electron chi connectivity index (χ3n) is 5.40. The summed E-state index contributed by atoms with van der Waals surface area (Å²) in [5, 5.41) is 0.272. The van der Waals surface area contributed by atoms with Crippen LogP contribution in [0.15, 0.2) is 18.2 Å². The number of nitrogens with zero attached hydrogens (tertiary/aromatic N) is 3. The van der Waals surface area contributed by atoms with Gasteiger partial charge in [-0.1, -0.05) is 25.4 Å². The molecule has 27 heavy (non-hydrogen) atoms. The molecule has 5 nitrogen and oxygen atoms in total. The minimum Gasteiger partial charge on any atom is -0.341 e. The Morgan fingerprint density at radius 2 is 1.70 bits per heavy atom. The summed E-state index contributed by atoms with van der Waals surface area (Å²) in [6.45, 7) is 8.64. The zero-order valence-corrected chi connectivity index (χ0v) is 16.7. The Kier molecular flexibility index (Phi) is 6.37. The first-order chi connectivity index (χ1) is 12.8. The summed E-state index contributed by atoms with van der Waals surface area (Å²) in [6.07, 6.45) is 1.17. The van der Waals surface area contributed by atoms with Crippen molar-refractivity contribution in [3.63, 3.8) is 0 Å². The van der Waals surface area contributed by atoms with E-state index in [9.17, 15) is 14.0 Å². The number of halogens is 2. The topological polar surface area (TPSA) is 43.9 Å². The maximum absolute atomic E-state index is 14.0. The van der Waals surface area contributed by atoms with Gasteiger partial charge in [-0.2, -0.15) is 0 Å². The minimum atomic E-state index is -0.599. The van der Waals surface area contributed by atoms with E-state index < -0.39 is 5.82 Å². The number of rotatable bonds is 3. The Balaban J connectivity index is 1.51. The molecule has 0 aromatic heterocycles. The summed E-state index contributed by atoms with van der Waals surface area (Å²) >= 11 is 5.75. The molecule has 2 saturated heterocycles. The molecule has 0 bridgehead atoms. The molecule has 3 rings (SSSR count). The number of carbonyl (C=O) groups excluding carboxylic acids is 2. The van der Waals surface area contributed by atoms with Gasteiger partial charge in [-0.3, -0.25) is 14.5 Å². The lowest BCUT2D eigenvalue weighted by atomic mass is 9.92. The van der Waals surface area contributed by atoms with Crippen molar-refractivity contribution < 1.29 is 14.0 Å². The zero-order valence-electron chi connectivity index (χ0n) is 16.0. The molecule has 0 spiro atoms. The fourth-order valence-electron chi connectivity index (χ4n) is 4.10. The molecule has 7 heteroatoms. The molecule has 0 saturated carbocycles. The van der Waals surface area contributed by atoms with Crippen LogP contribution in [0.2, 0.25) is 5.02 Å². The normalized spacial score (nSPS) is 24.1. The number of benzene rings is 1. The third-order valence-corrected chi connectivity index (χ3v) is 5.64. The van der Waals surface area contributed by atoms with E-state index in [1.54, 1.807) is 4.90 Å². The summed E-state index contributed by atoms with van der Waals surface area (Å²) in [6, 6.07) is 4.10. The predicted molar refractivity (Wildman–Crippen MR) is 103 cm³/mol. The molecule has 2 heterocycles. The van der Waals surface area contributed by atoms with Crippen LogP contribution in [0.1, 0.15) is 30.6 Å². The second kappa shape index (κ2) is 8.57. The lowest BCUT2D eigenvalue weighted by molar-refractivity contribution is -0.135. The van der Waals surface area contributed by atoms with Crippen molar-refractivity contribution in [2.45, 2.75) is 20.3 Å². The van der Waals surface area contributed by atoms with Gasteiger partial charge in [-0.15, -0.1) is 0 Å². The first-order valence-electron chi connectivity index (χ1n) is 9.58. The molecule has 2 fully saturated rings. The van der Waals surface area contributed by atoms with Gasteiger partial charge >= 0.3 is 0 Å². The lowest BCUT2D eigenvalue weighted by Gasteiger charge is -2.38. The van der Waals surface area contributed by atoms with Crippen LogP contribution in [-0.4, -0.2) is 72.3 Å². The van der Waals surface area contributed by atoms with E-state index in [-0.39, 0.29) is 22.4 Å². The Labute approximate surface area is 165 Å². The number of hydrogen-bond donors (Lipinski definition) is 0. The number of carbonyl (C=O) groups is 2. The molecular weight excluding hydrogens is 369 g/mol. The third kappa shape index (κ3) is 4.99. The Bertz CT molecular complexity index is 696. The highest BCUT2D eigenvalue weighted by molar-refractivity contribution is 6.30. The largest absolute Gasteiger partial charge is 0.341 e. The first-order valence-corrected chi connectivity index (χ1v) is 9.95. The van der Waals surface area contributed by atoms with Gasteiger partial charge in [-0.05, 0) is 36.5 Å². The van der Waals surface area contributed by atoms with Crippen molar-refractivity contribution in [1.82, 2.24) is 14.7 Å². The molecule has 2 unspecified atom stereocenters. The molecule has 2 aliphatic heterocycles. The maximum atomic E-state index is 14.0. The van der Waals surface area contributed by atoms with Crippen LogP contribution >= 0.6 is 11.6 Å². The summed E-state index contributed by atoms with van der Waals surface area (Å²) in [5.74, 6) is 0.326. The van der Waals surface area contributed by atoms with Gasteiger partial charge in [0.15, 0.2) is 0 Å². The number of hydrogen-bond acceptors (Lipinski definition) is 3. The quantitative estimate of drug-likeness (QED) is 0.790. The molecular formula is C20H27ClFN3O2. The highest BCUT2D eigenvalue weighted by Gasteiger charge is 2.29. The van der Waals surface area contributed by atoms with Crippen LogP contribution in [0, 0.1) is 17.7 Å². The predicted octanol–water partition coefficient (Wildman–Crippen LogP) is 2.74. The Morgan fingerprint density at radius 3 is 2.30 bits per heavy atom. The summed E-state index contributed by atoms with van der Waals surface area (Å²) in [5.41, 5.74) is 0.0419. The van der Waals surface area contributed by atoms with Crippen LogP contribution in [0.5, 0.6) is 0 Å². The van der Waals surface area contributed by atoms with Crippen molar-refractivity contribution in [3.05, 3.63) is 34.6 Å². The molecule has 0 radical (unpaired) electrons. The SMILES string of the molecule is CC1CC(C)CN(C(=O)CN2CCN(C(=O)c3ccc(Cl)cc3F)CC2)C1. The smallest absolute Gasteiger partial charge is 0.256 e. The Morgan fingerprint density at radius 1 is 1.07 bits per heavy atom. The highest BCUT2D eigenvalue weighted by atomic mass is 35.5. The molecule has 0 aliphatic carbocycles. The number of likely N-dealkylation sites (tertiary alicyclic amines) is 1. The van der Waals surface area contributed by atoms with Crippen LogP contribution in [-0.2, 0) is 4.79 Å². The van der Waals surface area contributed by atoms with Crippen molar-refractivity contribution in [3.8, 4) is 0 Å². The highest BCUT2D eigenvalue weighted by Crippen LogP contribution is 2.21. The monoisotopic (exact) mass is 395 g/mol. The molecule has 1 aromatic rings. The van der Waals surface area contributed by atoms with Crippen LogP contribution in [0.3, 0.4) is 0 Å². The number of piperidine rings is 1. The second-order valence-corrected chi connectivity index (χ2v) is 8.37. The number of amides is 2. The van der Waals surface area contributed by atoms with Crippen molar-refractivity contribution in [2.24, 2.45) is 11.8 Å². The minimum absolute atomic E-state index is 0.0419. The maximum Gasteiger partial charge on any atom is 0.256 e. The Hall–Kier alpha value is -1.66. The average molecular weight is 396 g/mol. The summed E-state index contributed by atoms with van der Waals surface area (Å²) in [7, 11) is 0. The first kappa shape index (κ1) is 20.1. The molecule has 0 N–H and O–H groups in total. The van der Waals surface area contributed by atoms with Gasteiger partial charge in [-0.25, -0.2) is 4.39 Å². The molecule has 2 aliphatic rings. The average Bonchev–Trinajstić information content (AvgIpc) is 2.61. The van der Waals surface area contributed by atoms with Crippen molar-refractivity contribution in [1.29, 1.82) is 0 Å². The fourth-order valence-corrected chi connectivity index (χ4v) is 4.26. The number of piperazine rings is 1. The van der Waals surface area contributed by atoms with Crippen LogP contribution in [0.25, 0.3) is 0 Å². The van der Waals surface area contributed by atoms with Gasteiger partial charge in [0.05, 0.1) is 12.1 Å². The lowest BCUT2D eigenvalue weighted by Crippen LogP contribution is -2.53. The second-order valence-electron chi connectivity index (χ2n) is 7.94. The van der Waals surface area contributed by atoms with E-state index in [4.69, 9.17) is 11.6 Å². The van der Waals surface area contributed by atoms with E-state index >= 15 is 0 Å². The molecule has 148 valence electrons. The molecule has 2 amide bonds. The van der Waals surface area contributed by atoms with Gasteiger partial charge < -0.3 is 9.80 Å². The van der Waals surface area contributed by atoms with Crippen molar-refractivity contribution >= 4 is 23.4 Å². The zero-order chi connectivity index (χ0) is 19.6. The van der Waals surface area contributed by atoms with E-state index in [0.29, 0.717) is 44.6 Å². The van der Waals surface area contributed by atoms with Gasteiger partial charge in [0.25, 0.3) is 5.91 Å². The summed E-state index contributed by atoms with van der Waals surface area (Å²) < 4.78 is 14.0. The summed E-state index contributed by atoms with van der Waals surface area (Å²) in [4.78, 5) is 30.8. The van der Waals surface area contributed by atoms with Crippen LogP contribution in [0.4, 0.5) is 4.39 Å². The molecule has 1 aromatic carbocycles. The van der Waals surface area contributed by atoms with Crippen LogP contribution < -0.4 is 0 Å². The standard InChI is InChI=1S/C20H27ClFN3O2/c1-14-9-15(2)12-25(11-14)19(26)13-23-5-7-24(8-6-23)20(27)17-4-3-16(21)10-18(17)22/h3-4,10,14-15H,5-9,11-13H2,1-2H3. The fraction of sp³-hybridized carbons (Fsp3) is 0.600. The van der Waals surface area contributed by atoms with E-state index in [1.807, 2.05) is 4.90 Å². The van der Waals surface area contributed by atoms with Gasteiger partial charge in [0.2, 0.25) is 5.91 Å². The van der Waals surface area contributed by atoms with E-state index in [2.05, 4.69) is 18.7 Å². The van der Waals surface area contributed by atoms with Gasteiger partial charge in [0, 0.05) is 44.3 Å². The molecule has 2 atom stereocenters.